The van der Waals surface area contributed by atoms with Gasteiger partial charge in [-0.2, -0.15) is 0 Å². The Bertz CT molecular complexity index is 1380. The average Bonchev–Trinajstić information content (AvgIpc) is 3.17. The van der Waals surface area contributed by atoms with Gasteiger partial charge in [-0.05, 0) is 41.7 Å². The summed E-state index contributed by atoms with van der Waals surface area (Å²) in [5.41, 5.74) is 7.00. The lowest BCUT2D eigenvalue weighted by Gasteiger charge is -2.37. The molecule has 0 saturated heterocycles. The van der Waals surface area contributed by atoms with E-state index in [1.807, 2.05) is 36.4 Å². The van der Waals surface area contributed by atoms with Crippen molar-refractivity contribution in [3.05, 3.63) is 102 Å². The first-order valence-electron chi connectivity index (χ1n) is 11.9. The predicted octanol–water partition coefficient (Wildman–Crippen LogP) is 6.38. The van der Waals surface area contributed by atoms with Crippen LogP contribution in [0.3, 0.4) is 0 Å². The molecule has 0 spiro atoms. The van der Waals surface area contributed by atoms with Gasteiger partial charge in [-0.15, -0.1) is 0 Å². The smallest absolute Gasteiger partial charge is 0.163 e. The van der Waals surface area contributed by atoms with Gasteiger partial charge in [0.25, 0.3) is 0 Å². The molecular formula is C29H28N4O. The topological polar surface area (TPSA) is 61.0 Å². The summed E-state index contributed by atoms with van der Waals surface area (Å²) >= 11 is 0. The maximum atomic E-state index is 13.7. The summed E-state index contributed by atoms with van der Waals surface area (Å²) in [7, 11) is 0. The van der Waals surface area contributed by atoms with E-state index in [0.29, 0.717) is 13.0 Å². The van der Waals surface area contributed by atoms with E-state index in [0.717, 1.165) is 51.5 Å². The lowest BCUT2D eigenvalue weighted by Crippen LogP contribution is -2.36. The average molecular weight is 449 g/mol. The summed E-state index contributed by atoms with van der Waals surface area (Å²) < 4.78 is 0. The van der Waals surface area contributed by atoms with Crippen molar-refractivity contribution in [2.45, 2.75) is 39.3 Å². The number of aromatic amines is 1. The molecule has 6 rings (SSSR count). The minimum atomic E-state index is -0.204. The highest BCUT2D eigenvalue weighted by molar-refractivity contribution is 6.01. The van der Waals surface area contributed by atoms with E-state index in [9.17, 15) is 4.79 Å². The summed E-state index contributed by atoms with van der Waals surface area (Å²) in [4.78, 5) is 24.4. The van der Waals surface area contributed by atoms with Gasteiger partial charge in [0, 0.05) is 17.7 Å². The number of fused-ring (bicyclic) bond motifs is 2. The molecule has 4 aromatic rings. The van der Waals surface area contributed by atoms with Crippen molar-refractivity contribution in [2.75, 3.05) is 10.2 Å². The van der Waals surface area contributed by atoms with Gasteiger partial charge in [0.15, 0.2) is 5.78 Å². The van der Waals surface area contributed by atoms with Crippen LogP contribution in [0.25, 0.3) is 11.0 Å². The molecule has 3 aromatic carbocycles. The summed E-state index contributed by atoms with van der Waals surface area (Å²) in [6.07, 6.45) is 1.38. The molecule has 1 aliphatic carbocycles. The van der Waals surface area contributed by atoms with Gasteiger partial charge in [0.05, 0.1) is 35.0 Å². The highest BCUT2D eigenvalue weighted by atomic mass is 16.1. The first-order valence-corrected chi connectivity index (χ1v) is 11.9. The van der Waals surface area contributed by atoms with E-state index < -0.39 is 0 Å². The van der Waals surface area contributed by atoms with Crippen LogP contribution in [0.2, 0.25) is 0 Å². The fourth-order valence-electron chi connectivity index (χ4n) is 5.45. The minimum absolute atomic E-state index is 0.0764. The number of nitrogens with zero attached hydrogens (tertiary/aromatic N) is 2. The van der Waals surface area contributed by atoms with Crippen LogP contribution >= 0.6 is 0 Å². The second-order valence-corrected chi connectivity index (χ2v) is 10.1. The number of H-pyrrole nitrogens is 1. The Morgan fingerprint density at radius 1 is 0.941 bits per heavy atom. The largest absolute Gasteiger partial charge is 0.357 e. The Hall–Kier alpha value is -3.86. The Kier molecular flexibility index (Phi) is 4.80. The molecule has 1 aliphatic heterocycles. The molecule has 1 atom stereocenters. The number of hydrogen-bond acceptors (Lipinski definition) is 4. The highest BCUT2D eigenvalue weighted by Gasteiger charge is 2.41. The molecular weight excluding hydrogens is 420 g/mol. The van der Waals surface area contributed by atoms with Crippen molar-refractivity contribution >= 4 is 28.2 Å². The second-order valence-electron chi connectivity index (χ2n) is 10.1. The Labute approximate surface area is 199 Å². The van der Waals surface area contributed by atoms with Crippen LogP contribution in [0.4, 0.5) is 11.4 Å². The second kappa shape index (κ2) is 7.87. The number of anilines is 2. The number of aromatic nitrogens is 2. The Morgan fingerprint density at radius 2 is 1.68 bits per heavy atom. The third-order valence-electron chi connectivity index (χ3n) is 6.88. The van der Waals surface area contributed by atoms with Gasteiger partial charge in [-0.3, -0.25) is 4.79 Å². The van der Waals surface area contributed by atoms with Crippen LogP contribution < -0.4 is 10.2 Å². The number of nitrogens with one attached hydrogen (secondary N) is 2. The number of para-hydroxylation sites is 4. The molecule has 2 heterocycles. The van der Waals surface area contributed by atoms with Gasteiger partial charge in [0.2, 0.25) is 0 Å². The first-order chi connectivity index (χ1) is 16.5. The molecule has 1 aromatic heterocycles. The third-order valence-corrected chi connectivity index (χ3v) is 6.88. The molecule has 5 heteroatoms. The fourth-order valence-corrected chi connectivity index (χ4v) is 5.45. The monoisotopic (exact) mass is 448 g/mol. The molecule has 2 aliphatic rings. The van der Waals surface area contributed by atoms with Crippen molar-refractivity contribution in [1.29, 1.82) is 0 Å². The molecule has 0 fully saturated rings. The number of rotatable bonds is 3. The van der Waals surface area contributed by atoms with E-state index in [-0.39, 0.29) is 17.2 Å². The number of carbonyl (C=O) groups excluding carboxylic acids is 1. The van der Waals surface area contributed by atoms with E-state index in [1.165, 1.54) is 0 Å². The van der Waals surface area contributed by atoms with Crippen molar-refractivity contribution < 1.29 is 4.79 Å². The van der Waals surface area contributed by atoms with Crippen LogP contribution in [-0.2, 0) is 11.3 Å². The minimum Gasteiger partial charge on any atom is -0.357 e. The van der Waals surface area contributed by atoms with Gasteiger partial charge in [0.1, 0.15) is 5.82 Å². The van der Waals surface area contributed by atoms with Crippen LogP contribution in [0.15, 0.2) is 90.1 Å². The van der Waals surface area contributed by atoms with Crippen molar-refractivity contribution in [2.24, 2.45) is 5.41 Å². The molecule has 2 N–H and O–H groups in total. The molecule has 0 amide bonds. The van der Waals surface area contributed by atoms with E-state index in [4.69, 9.17) is 4.98 Å². The molecule has 5 nitrogen and oxygen atoms in total. The van der Waals surface area contributed by atoms with E-state index in [1.54, 1.807) is 0 Å². The maximum absolute atomic E-state index is 13.7. The quantitative estimate of drug-likeness (QED) is 0.382. The van der Waals surface area contributed by atoms with Crippen LogP contribution in [0.5, 0.6) is 0 Å². The van der Waals surface area contributed by atoms with E-state index in [2.05, 4.69) is 71.5 Å². The zero-order chi connectivity index (χ0) is 23.3. The molecule has 0 radical (unpaired) electrons. The van der Waals surface area contributed by atoms with Gasteiger partial charge in [-0.1, -0.05) is 68.4 Å². The van der Waals surface area contributed by atoms with Crippen molar-refractivity contribution in [3.8, 4) is 0 Å². The number of ketones is 1. The number of carbonyl (C=O) groups is 1. The molecule has 0 bridgehead atoms. The third kappa shape index (κ3) is 3.58. The lowest BCUT2D eigenvalue weighted by atomic mass is 9.73. The molecule has 1 unspecified atom stereocenters. The summed E-state index contributed by atoms with van der Waals surface area (Å²) in [5, 5.41) is 3.68. The van der Waals surface area contributed by atoms with Gasteiger partial charge in [-0.25, -0.2) is 4.98 Å². The molecule has 34 heavy (non-hydrogen) atoms. The summed E-state index contributed by atoms with van der Waals surface area (Å²) in [6.45, 7) is 4.91. The van der Waals surface area contributed by atoms with Gasteiger partial charge < -0.3 is 15.2 Å². The van der Waals surface area contributed by atoms with Crippen LogP contribution in [-0.4, -0.2) is 15.8 Å². The SMILES string of the molecule is CC1(C)CC(=O)C2=C(C1)Nc1ccccc1N(Cc1nc3ccccc3[nH]1)C2c1ccccc1. The number of hydrogen-bond donors (Lipinski definition) is 2. The fraction of sp³-hybridized carbons (Fsp3) is 0.241. The highest BCUT2D eigenvalue weighted by Crippen LogP contribution is 2.48. The molecule has 170 valence electrons. The van der Waals surface area contributed by atoms with Crippen LogP contribution in [0.1, 0.15) is 44.1 Å². The first kappa shape index (κ1) is 20.7. The number of allylic oxidation sites excluding steroid dienone is 1. The maximum Gasteiger partial charge on any atom is 0.163 e. The predicted molar refractivity (Wildman–Crippen MR) is 137 cm³/mol. The van der Waals surface area contributed by atoms with Crippen molar-refractivity contribution in [1.82, 2.24) is 9.97 Å². The zero-order valence-electron chi connectivity index (χ0n) is 19.5. The zero-order valence-corrected chi connectivity index (χ0v) is 19.5. The summed E-state index contributed by atoms with van der Waals surface area (Å²) in [5.74, 6) is 1.10. The standard InChI is InChI=1S/C29H28N4O/c1-29(2)16-23-27(25(34)17-29)28(19-10-4-3-5-11-19)33(24-15-9-8-14-22(24)30-23)18-26-31-20-12-6-7-13-21(20)32-26/h3-15,28,30H,16-18H2,1-2H3,(H,31,32). The number of benzene rings is 3. The number of imidazole rings is 1. The number of Topliss-reactive ketones (excluding diaryl/α,β-unsaturated/α-hetero) is 1. The summed E-state index contributed by atoms with van der Waals surface area (Å²) in [6, 6.07) is 26.6. The lowest BCUT2D eigenvalue weighted by molar-refractivity contribution is -0.118. The Morgan fingerprint density at radius 3 is 2.50 bits per heavy atom. The Balaban J connectivity index is 1.56. The molecule has 0 saturated carbocycles. The normalized spacial score (nSPS) is 19.4. The van der Waals surface area contributed by atoms with E-state index >= 15 is 0 Å². The van der Waals surface area contributed by atoms with Crippen LogP contribution in [0, 0.1) is 5.41 Å². The van der Waals surface area contributed by atoms with Crippen molar-refractivity contribution in [3.63, 3.8) is 0 Å². The van der Waals surface area contributed by atoms with Gasteiger partial charge >= 0.3 is 0 Å².